The van der Waals surface area contributed by atoms with Crippen molar-refractivity contribution in [1.82, 2.24) is 9.29 Å². The molecular formula is C15H15FN2O3S. The lowest BCUT2D eigenvalue weighted by molar-refractivity contribution is 0.321. The van der Waals surface area contributed by atoms with Crippen molar-refractivity contribution in [2.75, 3.05) is 6.61 Å². The third kappa shape index (κ3) is 2.57. The number of halogens is 1. The van der Waals surface area contributed by atoms with Gasteiger partial charge in [-0.15, -0.1) is 0 Å². The van der Waals surface area contributed by atoms with Crippen LogP contribution in [-0.2, 0) is 23.1 Å². The quantitative estimate of drug-likeness (QED) is 0.867. The maximum atomic E-state index is 13.9. The molecule has 1 aromatic carbocycles. The predicted molar refractivity (Wildman–Crippen MR) is 78.2 cm³/mol. The van der Waals surface area contributed by atoms with Crippen LogP contribution in [0.4, 0.5) is 4.39 Å². The van der Waals surface area contributed by atoms with E-state index in [1.165, 1.54) is 16.4 Å². The van der Waals surface area contributed by atoms with Gasteiger partial charge in [0.2, 0.25) is 10.0 Å². The van der Waals surface area contributed by atoms with Crippen molar-refractivity contribution in [1.29, 1.82) is 0 Å². The highest BCUT2D eigenvalue weighted by atomic mass is 32.2. The van der Waals surface area contributed by atoms with E-state index >= 15 is 0 Å². The molecule has 0 N–H and O–H groups in total. The van der Waals surface area contributed by atoms with E-state index in [2.05, 4.69) is 4.98 Å². The van der Waals surface area contributed by atoms with Crippen LogP contribution in [0.1, 0.15) is 18.2 Å². The molecule has 0 radical (unpaired) electrons. The lowest BCUT2D eigenvalue weighted by atomic mass is 10.2. The van der Waals surface area contributed by atoms with Crippen LogP contribution in [-0.4, -0.2) is 24.3 Å². The Morgan fingerprint density at radius 3 is 2.82 bits per heavy atom. The Labute approximate surface area is 128 Å². The van der Waals surface area contributed by atoms with E-state index in [-0.39, 0.29) is 23.7 Å². The number of pyridine rings is 1. The van der Waals surface area contributed by atoms with Gasteiger partial charge in [0.05, 0.1) is 23.7 Å². The van der Waals surface area contributed by atoms with Crippen molar-refractivity contribution in [3.05, 3.63) is 53.6 Å². The average molecular weight is 322 g/mol. The molecule has 0 bridgehead atoms. The molecule has 3 rings (SSSR count). The second kappa shape index (κ2) is 5.66. The zero-order valence-corrected chi connectivity index (χ0v) is 12.8. The first kappa shape index (κ1) is 14.9. The lowest BCUT2D eigenvalue weighted by Gasteiger charge is -2.16. The highest BCUT2D eigenvalue weighted by Gasteiger charge is 2.31. The van der Waals surface area contributed by atoms with Gasteiger partial charge in [-0.3, -0.25) is 4.98 Å². The second-order valence-corrected chi connectivity index (χ2v) is 6.85. The summed E-state index contributed by atoms with van der Waals surface area (Å²) in [5.74, 6) is -0.634. The number of benzene rings is 1. The second-order valence-electron chi connectivity index (χ2n) is 4.91. The molecule has 0 fully saturated rings. The fraction of sp³-hybridized carbons (Fsp3) is 0.267. The number of hydrogen-bond donors (Lipinski definition) is 0. The van der Waals surface area contributed by atoms with Crippen molar-refractivity contribution in [3.63, 3.8) is 0 Å². The van der Waals surface area contributed by atoms with Gasteiger partial charge in [0.15, 0.2) is 11.6 Å². The largest absolute Gasteiger partial charge is 0.491 e. The molecule has 1 aliphatic rings. The van der Waals surface area contributed by atoms with E-state index in [1.54, 1.807) is 19.2 Å². The van der Waals surface area contributed by atoms with Crippen LogP contribution in [0.25, 0.3) is 0 Å². The third-order valence-corrected chi connectivity index (χ3v) is 5.29. The van der Waals surface area contributed by atoms with E-state index < -0.39 is 15.8 Å². The molecule has 0 saturated carbocycles. The van der Waals surface area contributed by atoms with E-state index in [1.807, 2.05) is 6.07 Å². The van der Waals surface area contributed by atoms with Crippen LogP contribution in [0.3, 0.4) is 0 Å². The summed E-state index contributed by atoms with van der Waals surface area (Å²) >= 11 is 0. The third-order valence-electron chi connectivity index (χ3n) is 3.50. The summed E-state index contributed by atoms with van der Waals surface area (Å²) in [6.07, 6.45) is 1.63. The molecule has 1 aromatic heterocycles. The minimum atomic E-state index is -3.76. The Kier molecular flexibility index (Phi) is 3.84. The topological polar surface area (TPSA) is 59.5 Å². The van der Waals surface area contributed by atoms with E-state index in [0.717, 1.165) is 17.3 Å². The number of aromatic nitrogens is 1. The van der Waals surface area contributed by atoms with Crippen molar-refractivity contribution < 1.29 is 17.5 Å². The number of sulfonamides is 1. The first-order valence-corrected chi connectivity index (χ1v) is 8.31. The van der Waals surface area contributed by atoms with Crippen LogP contribution in [0, 0.1) is 5.82 Å². The van der Waals surface area contributed by atoms with E-state index in [0.29, 0.717) is 6.61 Å². The lowest BCUT2D eigenvalue weighted by Crippen LogP contribution is -2.25. The Hall–Kier alpha value is -1.99. The summed E-state index contributed by atoms with van der Waals surface area (Å²) in [5, 5.41) is 0. The molecule has 0 aliphatic carbocycles. The SMILES string of the molecule is CCOc1ccc(S(=O)(=O)N2Cc3cccnc3C2)cc1F. The molecule has 2 aromatic rings. The van der Waals surface area contributed by atoms with Crippen LogP contribution in [0.2, 0.25) is 0 Å². The Morgan fingerprint density at radius 2 is 2.14 bits per heavy atom. The van der Waals surface area contributed by atoms with Crippen LogP contribution < -0.4 is 4.74 Å². The number of rotatable bonds is 4. The van der Waals surface area contributed by atoms with Gasteiger partial charge >= 0.3 is 0 Å². The maximum Gasteiger partial charge on any atom is 0.243 e. The summed E-state index contributed by atoms with van der Waals surface area (Å²) in [5.41, 5.74) is 1.61. The van der Waals surface area contributed by atoms with E-state index in [4.69, 9.17) is 4.74 Å². The molecular weight excluding hydrogens is 307 g/mol. The van der Waals surface area contributed by atoms with Crippen LogP contribution in [0.15, 0.2) is 41.4 Å². The van der Waals surface area contributed by atoms with Crippen molar-refractivity contribution in [2.45, 2.75) is 24.9 Å². The number of nitrogens with zero attached hydrogens (tertiary/aromatic N) is 2. The van der Waals surface area contributed by atoms with E-state index in [9.17, 15) is 12.8 Å². The van der Waals surface area contributed by atoms with Gasteiger partial charge in [-0.1, -0.05) is 6.07 Å². The van der Waals surface area contributed by atoms with Crippen molar-refractivity contribution in [2.24, 2.45) is 0 Å². The molecule has 0 atom stereocenters. The number of ether oxygens (including phenoxy) is 1. The molecule has 22 heavy (non-hydrogen) atoms. The molecule has 1 aliphatic heterocycles. The fourth-order valence-corrected chi connectivity index (χ4v) is 3.80. The van der Waals surface area contributed by atoms with Crippen molar-refractivity contribution >= 4 is 10.0 Å². The first-order chi connectivity index (χ1) is 10.5. The summed E-state index contributed by atoms with van der Waals surface area (Å²) in [7, 11) is -3.76. The molecule has 5 nitrogen and oxygen atoms in total. The molecule has 2 heterocycles. The molecule has 0 unspecified atom stereocenters. The van der Waals surface area contributed by atoms with Gasteiger partial charge in [-0.25, -0.2) is 12.8 Å². The van der Waals surface area contributed by atoms with Gasteiger partial charge in [-0.2, -0.15) is 4.31 Å². The zero-order valence-electron chi connectivity index (χ0n) is 12.0. The molecule has 0 amide bonds. The first-order valence-electron chi connectivity index (χ1n) is 6.87. The minimum Gasteiger partial charge on any atom is -0.491 e. The summed E-state index contributed by atoms with van der Waals surface area (Å²) < 4.78 is 45.5. The zero-order chi connectivity index (χ0) is 15.7. The fourth-order valence-electron chi connectivity index (χ4n) is 2.40. The Morgan fingerprint density at radius 1 is 1.32 bits per heavy atom. The predicted octanol–water partition coefficient (Wildman–Crippen LogP) is 2.32. The highest BCUT2D eigenvalue weighted by molar-refractivity contribution is 7.89. The van der Waals surface area contributed by atoms with Gasteiger partial charge in [-0.05, 0) is 36.8 Å². The summed E-state index contributed by atoms with van der Waals surface area (Å²) in [4.78, 5) is 4.09. The molecule has 7 heteroatoms. The highest BCUT2D eigenvalue weighted by Crippen LogP contribution is 2.29. The van der Waals surface area contributed by atoms with Gasteiger partial charge in [0, 0.05) is 12.7 Å². The monoisotopic (exact) mass is 322 g/mol. The van der Waals surface area contributed by atoms with Gasteiger partial charge in [0.1, 0.15) is 0 Å². The van der Waals surface area contributed by atoms with Gasteiger partial charge in [0.25, 0.3) is 0 Å². The Balaban J connectivity index is 1.90. The number of fused-ring (bicyclic) bond motifs is 1. The number of hydrogen-bond acceptors (Lipinski definition) is 4. The summed E-state index contributed by atoms with van der Waals surface area (Å²) in [6, 6.07) is 7.31. The molecule has 0 saturated heterocycles. The van der Waals surface area contributed by atoms with Crippen LogP contribution >= 0.6 is 0 Å². The smallest absolute Gasteiger partial charge is 0.243 e. The standard InChI is InChI=1S/C15H15FN2O3S/c1-2-21-15-6-5-12(8-13(15)16)22(19,20)18-9-11-4-3-7-17-14(11)10-18/h3-8H,2,9-10H2,1H3. The summed E-state index contributed by atoms with van der Waals surface area (Å²) in [6.45, 7) is 2.50. The van der Waals surface area contributed by atoms with Gasteiger partial charge < -0.3 is 4.74 Å². The van der Waals surface area contributed by atoms with Crippen LogP contribution in [0.5, 0.6) is 5.75 Å². The molecule has 0 spiro atoms. The minimum absolute atomic E-state index is 0.0489. The molecule has 116 valence electrons. The maximum absolute atomic E-state index is 13.9. The normalized spacial score (nSPS) is 14.8. The van der Waals surface area contributed by atoms with Crippen molar-refractivity contribution in [3.8, 4) is 5.75 Å². The average Bonchev–Trinajstić information content (AvgIpc) is 2.94. The Bertz CT molecular complexity index is 783.